The quantitative estimate of drug-likeness (QED) is 0.0953. The maximum absolute atomic E-state index is 11.3. The minimum Gasteiger partial charge on any atom is -0.394 e. The van der Waals surface area contributed by atoms with Gasteiger partial charge in [-0.3, -0.25) is 0 Å². The summed E-state index contributed by atoms with van der Waals surface area (Å²) >= 11 is 0. The monoisotopic (exact) mass is 1260 g/mol. The molecule has 36 atom stereocenters. The Morgan fingerprint density at radius 3 is 0.523 bits per heavy atom. The Balaban J connectivity index is 0.00000109. The van der Waals surface area contributed by atoms with Gasteiger partial charge < -0.3 is 179 Å². The van der Waals surface area contributed by atoms with Gasteiger partial charge in [-0.15, -0.1) is 6.42 Å². The van der Waals surface area contributed by atoms with Gasteiger partial charge in [-0.05, 0) is 19.3 Å². The van der Waals surface area contributed by atoms with Crippen molar-refractivity contribution >= 4 is 0 Å². The van der Waals surface area contributed by atoms with Crippen LogP contribution >= 0.6 is 0 Å². The number of aliphatic hydroxyl groups is 22. The lowest BCUT2D eigenvalue weighted by Crippen LogP contribution is -2.68. The van der Waals surface area contributed by atoms with Crippen molar-refractivity contribution in [1.82, 2.24) is 0 Å². The minimum absolute atomic E-state index is 0.455. The molecule has 500 valence electrons. The van der Waals surface area contributed by atoms with Gasteiger partial charge in [0.1, 0.15) is 177 Å². The molecule has 1 unspecified atom stereocenters. The Kier molecular flexibility index (Phi) is 25.5. The minimum atomic E-state index is -2.21. The normalized spacial score (nSPS) is 51.3. The standard InChI is InChI=1S/C42H70O35.C8H14O/c43-1-8-29-15(50)22(57)36(64-8)72-30-9(2-44)66-38(24(59)17(30)52)74-32-11(4-46)68-40(26(61)19(32)54)76-34-13(6-48)70-42(28(63)21(34)56)77-35-14(7-49)69-41(27(62)20(35)55)75-33-12(5-47)67-39(25(60)18(33)53)73-31-10(3-45)65-37(71-29)23(58)16(31)51;1-5-8(4,9)6-7(2)3/h8-63H,1-7H2;1,7,9H,6H2,2-4H3/t8-,9-,10-,11-,12-,13-,14-,15-,16-,17-,18-,19-,20-,21-,22-,23-,24-,25-,26-,27-,28-,29-,30-,31-,32-,33-,34-,35-,36-,37-,38-,39-,40-,41-,42-;/m1./s1. The number of ether oxygens (including phenoxy) is 14. The summed E-state index contributed by atoms with van der Waals surface area (Å²) in [5, 5.41) is 240. The van der Waals surface area contributed by atoms with Crippen LogP contribution in [0.15, 0.2) is 0 Å². The van der Waals surface area contributed by atoms with E-state index >= 15 is 0 Å². The molecular weight excluding hydrogens is 1180 g/mol. The fourth-order valence-corrected chi connectivity index (χ4v) is 11.3. The maximum atomic E-state index is 11.3. The Bertz CT molecular complexity index is 1730. The molecule has 0 saturated carbocycles. The van der Waals surface area contributed by atoms with Gasteiger partial charge >= 0.3 is 0 Å². The number of hydrogen-bond acceptors (Lipinski definition) is 36. The van der Waals surface area contributed by atoms with Crippen LogP contribution in [-0.2, 0) is 66.3 Å². The van der Waals surface area contributed by atoms with Crippen LogP contribution in [0.25, 0.3) is 0 Å². The first-order chi connectivity index (χ1) is 40.6. The van der Waals surface area contributed by atoms with E-state index in [1.54, 1.807) is 6.92 Å². The second kappa shape index (κ2) is 30.7. The lowest BCUT2D eigenvalue weighted by Gasteiger charge is -2.50. The molecule has 36 nitrogen and oxygen atoms in total. The van der Waals surface area contributed by atoms with Crippen LogP contribution in [-0.4, -0.2) is 379 Å². The zero-order valence-corrected chi connectivity index (χ0v) is 46.6. The first kappa shape index (κ1) is 71.6. The number of aliphatic hydroxyl groups excluding tert-OH is 21. The predicted molar refractivity (Wildman–Crippen MR) is 267 cm³/mol. The van der Waals surface area contributed by atoms with E-state index in [9.17, 15) is 112 Å². The molecule has 21 aliphatic heterocycles. The van der Waals surface area contributed by atoms with Crippen molar-refractivity contribution in [3.63, 3.8) is 0 Å². The first-order valence-corrected chi connectivity index (χ1v) is 27.8. The molecule has 21 heterocycles. The van der Waals surface area contributed by atoms with Gasteiger partial charge in [0.25, 0.3) is 0 Å². The van der Waals surface area contributed by atoms with Crippen LogP contribution in [0.2, 0.25) is 0 Å². The van der Waals surface area contributed by atoms with Gasteiger partial charge in [0.05, 0.1) is 46.2 Å². The molecule has 0 aromatic rings. The van der Waals surface area contributed by atoms with Crippen LogP contribution in [0.3, 0.4) is 0 Å². The number of terminal acetylenes is 1. The van der Waals surface area contributed by atoms with E-state index < -0.39 is 267 Å². The van der Waals surface area contributed by atoms with Gasteiger partial charge in [0.15, 0.2) is 44.0 Å². The third kappa shape index (κ3) is 15.3. The van der Waals surface area contributed by atoms with Crippen molar-refractivity contribution in [3.8, 4) is 12.3 Å². The molecular formula is C50H84O36. The summed E-state index contributed by atoms with van der Waals surface area (Å²) in [6.07, 6.45) is -64.5. The van der Waals surface area contributed by atoms with E-state index in [1.165, 1.54) is 0 Å². The van der Waals surface area contributed by atoms with E-state index in [1.807, 2.05) is 13.8 Å². The summed E-state index contributed by atoms with van der Waals surface area (Å²) in [4.78, 5) is 0. The average molecular weight is 1260 g/mol. The zero-order valence-electron chi connectivity index (χ0n) is 46.6. The molecule has 21 aliphatic rings. The molecule has 0 spiro atoms. The SMILES string of the molecule is C#CC(C)(O)CC(C)C.OC[C@H]1O[C@@H]2O[C@H]3[C@H](O)[C@@H](O)[C@@H](O[C@H]4[C@H](O)[C@@H](O)[C@@H](O[C@H]5[C@H](O)[C@@H](O)[C@@H](O[C@H]6[C@H](O)[C@@H](O)[C@@H](O[C@H]7[C@H](O)[C@@H](O)[C@@H](O[C@H]8[C@H](O)[C@@H](O)[C@@H](O[C@H]1[C@H](O)[C@H]2O)O[C@@H]8CO)O[C@@H]7CO)O[C@@H]6CO)O[C@@H]5CO)O[C@@H]4CO)O[C@@H]3CO. The Hall–Kier alpha value is -1.88. The molecule has 86 heavy (non-hydrogen) atoms. The molecule has 0 amide bonds. The topological polar surface area (TPSA) is 574 Å². The largest absolute Gasteiger partial charge is 0.394 e. The highest BCUT2D eigenvalue weighted by Crippen LogP contribution is 2.39. The summed E-state index contributed by atoms with van der Waals surface area (Å²) in [7, 11) is 0. The number of hydrogen-bond donors (Lipinski definition) is 22. The fraction of sp³-hybridized carbons (Fsp3) is 0.960. The summed E-state index contributed by atoms with van der Waals surface area (Å²) < 4.78 is 79.5. The van der Waals surface area contributed by atoms with Crippen LogP contribution in [0.5, 0.6) is 0 Å². The van der Waals surface area contributed by atoms with Crippen molar-refractivity contribution in [2.45, 2.75) is 248 Å². The molecule has 21 saturated heterocycles. The Morgan fingerprint density at radius 1 is 0.291 bits per heavy atom. The Labute approximate surface area is 490 Å². The first-order valence-electron chi connectivity index (χ1n) is 27.8. The van der Waals surface area contributed by atoms with Crippen molar-refractivity contribution < 1.29 is 179 Å². The number of rotatable bonds is 9. The van der Waals surface area contributed by atoms with E-state index in [2.05, 4.69) is 5.92 Å². The van der Waals surface area contributed by atoms with E-state index in [0.29, 0.717) is 12.3 Å². The van der Waals surface area contributed by atoms with Crippen LogP contribution < -0.4 is 0 Å². The summed E-state index contributed by atoms with van der Waals surface area (Å²) in [5.41, 5.74) is -0.909. The van der Waals surface area contributed by atoms with Gasteiger partial charge in [0.2, 0.25) is 0 Å². The van der Waals surface area contributed by atoms with E-state index in [0.717, 1.165) is 0 Å². The summed E-state index contributed by atoms with van der Waals surface area (Å²) in [5.74, 6) is 2.78. The molecule has 36 heteroatoms. The van der Waals surface area contributed by atoms with Crippen LogP contribution in [0.4, 0.5) is 0 Å². The second-order valence-electron chi connectivity index (χ2n) is 22.7. The van der Waals surface area contributed by atoms with Gasteiger partial charge in [-0.2, -0.15) is 0 Å². The van der Waals surface area contributed by atoms with Crippen molar-refractivity contribution in [1.29, 1.82) is 0 Å². The predicted octanol–water partition coefficient (Wildman–Crippen LogP) is -13.8. The zero-order chi connectivity index (χ0) is 63.5. The summed E-state index contributed by atoms with van der Waals surface area (Å²) in [6.45, 7) is -1.60. The van der Waals surface area contributed by atoms with E-state index in [4.69, 9.17) is 72.7 Å². The van der Waals surface area contributed by atoms with Crippen LogP contribution in [0.1, 0.15) is 27.2 Å². The molecule has 0 aliphatic carbocycles. The molecule has 0 aromatic carbocycles. The third-order valence-electron chi connectivity index (χ3n) is 15.9. The fourth-order valence-electron chi connectivity index (χ4n) is 11.3. The highest BCUT2D eigenvalue weighted by atomic mass is 16.8. The van der Waals surface area contributed by atoms with Gasteiger partial charge in [0, 0.05) is 0 Å². The third-order valence-corrected chi connectivity index (χ3v) is 15.9. The molecule has 0 radical (unpaired) electrons. The molecule has 0 aromatic heterocycles. The summed E-state index contributed by atoms with van der Waals surface area (Å²) in [6, 6.07) is 0. The molecule has 14 bridgehead atoms. The van der Waals surface area contributed by atoms with Crippen LogP contribution in [0, 0.1) is 18.3 Å². The molecule has 21 fully saturated rings. The van der Waals surface area contributed by atoms with Gasteiger partial charge in [-0.1, -0.05) is 19.8 Å². The Morgan fingerprint density at radius 2 is 0.430 bits per heavy atom. The lowest BCUT2D eigenvalue weighted by atomic mass is 9.95. The molecule has 22 N–H and O–H groups in total. The highest BCUT2D eigenvalue weighted by Gasteiger charge is 2.59. The highest BCUT2D eigenvalue weighted by molar-refractivity contribution is 5.05. The van der Waals surface area contributed by atoms with Crippen molar-refractivity contribution in [2.75, 3.05) is 46.2 Å². The second-order valence-corrected chi connectivity index (χ2v) is 22.7. The smallest absolute Gasteiger partial charge is 0.187 e. The van der Waals surface area contributed by atoms with Gasteiger partial charge in [-0.25, -0.2) is 0 Å². The van der Waals surface area contributed by atoms with Crippen molar-refractivity contribution in [2.24, 2.45) is 5.92 Å². The van der Waals surface area contributed by atoms with Crippen molar-refractivity contribution in [3.05, 3.63) is 0 Å². The molecule has 21 rings (SSSR count). The maximum Gasteiger partial charge on any atom is 0.187 e. The average Bonchev–Trinajstić information content (AvgIpc) is 1.04. The lowest BCUT2D eigenvalue weighted by molar-refractivity contribution is -0.396. The van der Waals surface area contributed by atoms with E-state index in [-0.39, 0.29) is 0 Å².